The van der Waals surface area contributed by atoms with Crippen LogP contribution in [0, 0.1) is 0 Å². The molecule has 1 rings (SSSR count). The maximum atomic E-state index is 5.55. The summed E-state index contributed by atoms with van der Waals surface area (Å²) in [6.45, 7) is 3.05. The largest absolute Gasteiger partial charge is 0.494 e. The van der Waals surface area contributed by atoms with E-state index in [4.69, 9.17) is 4.74 Å². The molecule has 0 atom stereocenters. The maximum Gasteiger partial charge on any atom is 0.106 e. The fourth-order valence-corrected chi connectivity index (χ4v) is 2.73. The number of rotatable bonds is 13. The van der Waals surface area contributed by atoms with Gasteiger partial charge >= 0.3 is 0 Å². The van der Waals surface area contributed by atoms with E-state index in [1.54, 1.807) is 0 Å². The van der Waals surface area contributed by atoms with Crippen LogP contribution in [0.4, 0.5) is 0 Å². The molecule has 0 saturated carbocycles. The molecule has 0 fully saturated rings. The molecule has 1 nitrogen and oxygen atoms in total. The maximum absolute atomic E-state index is 5.55. The monoisotopic (exact) mass is 278 g/mol. The highest BCUT2D eigenvalue weighted by Gasteiger charge is 2.00. The first-order valence-corrected chi connectivity index (χ1v) is 8.92. The summed E-state index contributed by atoms with van der Waals surface area (Å²) in [5, 5.41) is 0. The Morgan fingerprint density at radius 2 is 1.35 bits per heavy atom. The van der Waals surface area contributed by atoms with Crippen LogP contribution < -0.4 is 0 Å². The zero-order chi connectivity index (χ0) is 14.3. The summed E-state index contributed by atoms with van der Waals surface area (Å²) in [7, 11) is 0. The van der Waals surface area contributed by atoms with Crippen LogP contribution in [0.25, 0.3) is 0 Å². The molecule has 1 heteroatoms. The lowest BCUT2D eigenvalue weighted by molar-refractivity contribution is 0.229. The average molecular weight is 278 g/mol. The van der Waals surface area contributed by atoms with Gasteiger partial charge in [0.15, 0.2) is 0 Å². The zero-order valence-corrected chi connectivity index (χ0v) is 13.5. The van der Waals surface area contributed by atoms with Gasteiger partial charge in [-0.15, -0.1) is 0 Å². The highest BCUT2D eigenvalue weighted by atomic mass is 16.5. The summed E-state index contributed by atoms with van der Waals surface area (Å²) >= 11 is 0. The summed E-state index contributed by atoms with van der Waals surface area (Å²) in [5.41, 5.74) is 0. The predicted octanol–water partition coefficient (Wildman–Crippen LogP) is 6.55. The highest BCUT2D eigenvalue weighted by molar-refractivity contribution is 5.11. The Kier molecular flexibility index (Phi) is 11.5. The predicted molar refractivity (Wildman–Crippen MR) is 88.9 cm³/mol. The van der Waals surface area contributed by atoms with E-state index in [1.807, 2.05) is 0 Å². The molecule has 0 N–H and O–H groups in total. The van der Waals surface area contributed by atoms with Gasteiger partial charge in [0.05, 0.1) is 5.76 Å². The van der Waals surface area contributed by atoms with Crippen LogP contribution in [0.3, 0.4) is 0 Å². The van der Waals surface area contributed by atoms with Crippen LogP contribution >= 0.6 is 0 Å². The third-order valence-corrected chi connectivity index (χ3v) is 4.06. The first-order valence-electron chi connectivity index (χ1n) is 8.92. The second-order valence-corrected chi connectivity index (χ2v) is 6.01. The average Bonchev–Trinajstić information content (AvgIpc) is 2.49. The van der Waals surface area contributed by atoms with Gasteiger partial charge in [-0.1, -0.05) is 83.6 Å². The molecule has 0 aromatic carbocycles. The van der Waals surface area contributed by atoms with E-state index >= 15 is 0 Å². The van der Waals surface area contributed by atoms with Gasteiger partial charge in [0.2, 0.25) is 0 Å². The molecule has 1 heterocycles. The minimum atomic E-state index is 0.768. The van der Waals surface area contributed by atoms with Gasteiger partial charge in [-0.3, -0.25) is 0 Å². The lowest BCUT2D eigenvalue weighted by atomic mass is 10.0. The Morgan fingerprint density at radius 3 is 1.85 bits per heavy atom. The lowest BCUT2D eigenvalue weighted by Gasteiger charge is -2.10. The number of allylic oxidation sites excluding steroid dienone is 3. The molecule has 0 saturated heterocycles. The first-order chi connectivity index (χ1) is 9.93. The van der Waals surface area contributed by atoms with Crippen molar-refractivity contribution in [1.29, 1.82) is 0 Å². The second kappa shape index (κ2) is 13.3. The third-order valence-electron chi connectivity index (χ3n) is 4.06. The van der Waals surface area contributed by atoms with Crippen molar-refractivity contribution in [3.05, 3.63) is 24.0 Å². The number of unbranched alkanes of at least 4 members (excludes halogenated alkanes) is 11. The third kappa shape index (κ3) is 10.1. The van der Waals surface area contributed by atoms with Crippen molar-refractivity contribution >= 4 is 0 Å². The normalized spacial score (nSPS) is 14.2. The molecule has 0 radical (unpaired) electrons. The molecule has 0 bridgehead atoms. The molecular weight excluding hydrogens is 244 g/mol. The Balaban J connectivity index is 1.74. The van der Waals surface area contributed by atoms with Gasteiger partial charge < -0.3 is 4.74 Å². The van der Waals surface area contributed by atoms with Gasteiger partial charge in [-0.05, 0) is 18.6 Å². The Bertz CT molecular complexity index is 265. The fourth-order valence-electron chi connectivity index (χ4n) is 2.73. The second-order valence-electron chi connectivity index (χ2n) is 6.01. The number of hydrogen-bond donors (Lipinski definition) is 0. The van der Waals surface area contributed by atoms with E-state index in [1.165, 1.54) is 82.8 Å². The van der Waals surface area contributed by atoms with Crippen LogP contribution in [0.2, 0.25) is 0 Å². The molecular formula is C19H34O. The quantitative estimate of drug-likeness (QED) is 0.347. The topological polar surface area (TPSA) is 9.23 Å². The van der Waals surface area contributed by atoms with E-state index in [0.717, 1.165) is 13.0 Å². The van der Waals surface area contributed by atoms with Crippen molar-refractivity contribution < 1.29 is 4.74 Å². The fraction of sp³-hybridized carbons (Fsp3) is 0.789. The molecule has 0 unspecified atom stereocenters. The molecule has 1 aliphatic heterocycles. The van der Waals surface area contributed by atoms with Crippen molar-refractivity contribution in [1.82, 2.24) is 0 Å². The van der Waals surface area contributed by atoms with Crippen molar-refractivity contribution in [2.45, 2.75) is 90.4 Å². The van der Waals surface area contributed by atoms with E-state index in [0.29, 0.717) is 0 Å². The number of hydrogen-bond acceptors (Lipinski definition) is 1. The molecule has 116 valence electrons. The molecule has 0 aromatic heterocycles. The molecule has 1 aliphatic rings. The SMILES string of the molecule is CCCCCCCCCCCCCCC1=CC=CCO1. The van der Waals surface area contributed by atoms with Gasteiger partial charge in [-0.2, -0.15) is 0 Å². The van der Waals surface area contributed by atoms with Crippen LogP contribution in [0.5, 0.6) is 0 Å². The summed E-state index contributed by atoms with van der Waals surface area (Å²) < 4.78 is 5.55. The summed E-state index contributed by atoms with van der Waals surface area (Å²) in [5.74, 6) is 1.18. The van der Waals surface area contributed by atoms with E-state index in [-0.39, 0.29) is 0 Å². The molecule has 20 heavy (non-hydrogen) atoms. The molecule has 0 spiro atoms. The summed E-state index contributed by atoms with van der Waals surface area (Å²) in [6, 6.07) is 0. The Morgan fingerprint density at radius 1 is 0.800 bits per heavy atom. The van der Waals surface area contributed by atoms with E-state index < -0.39 is 0 Å². The standard InChI is InChI=1S/C19H34O/c1-2-3-4-5-6-7-8-9-10-11-12-13-16-19-17-14-15-18-20-19/h14-15,17H,2-13,16,18H2,1H3. The summed E-state index contributed by atoms with van der Waals surface area (Å²) in [6.07, 6.45) is 24.4. The smallest absolute Gasteiger partial charge is 0.106 e. The molecule has 0 amide bonds. The molecule has 0 aliphatic carbocycles. The van der Waals surface area contributed by atoms with Crippen molar-refractivity contribution in [2.75, 3.05) is 6.61 Å². The van der Waals surface area contributed by atoms with E-state index in [9.17, 15) is 0 Å². The van der Waals surface area contributed by atoms with Crippen LogP contribution in [-0.4, -0.2) is 6.61 Å². The van der Waals surface area contributed by atoms with Crippen molar-refractivity contribution in [3.8, 4) is 0 Å². The minimum absolute atomic E-state index is 0.768. The van der Waals surface area contributed by atoms with Gasteiger partial charge in [0.25, 0.3) is 0 Å². The Labute approximate surface area is 126 Å². The van der Waals surface area contributed by atoms with Gasteiger partial charge in [0, 0.05) is 6.42 Å². The van der Waals surface area contributed by atoms with Crippen LogP contribution in [0.15, 0.2) is 24.0 Å². The zero-order valence-electron chi connectivity index (χ0n) is 13.5. The van der Waals surface area contributed by atoms with Gasteiger partial charge in [-0.25, -0.2) is 0 Å². The molecule has 0 aromatic rings. The van der Waals surface area contributed by atoms with Crippen LogP contribution in [0.1, 0.15) is 90.4 Å². The van der Waals surface area contributed by atoms with Crippen molar-refractivity contribution in [2.24, 2.45) is 0 Å². The van der Waals surface area contributed by atoms with Crippen molar-refractivity contribution in [3.63, 3.8) is 0 Å². The lowest BCUT2D eigenvalue weighted by Crippen LogP contribution is -1.96. The van der Waals surface area contributed by atoms with E-state index in [2.05, 4.69) is 25.2 Å². The first kappa shape index (κ1) is 17.3. The number of ether oxygens (including phenoxy) is 1. The minimum Gasteiger partial charge on any atom is -0.494 e. The van der Waals surface area contributed by atoms with Gasteiger partial charge in [0.1, 0.15) is 6.61 Å². The highest BCUT2D eigenvalue weighted by Crippen LogP contribution is 2.16. The van der Waals surface area contributed by atoms with Crippen LogP contribution in [-0.2, 0) is 4.74 Å². The Hall–Kier alpha value is -0.720. The summed E-state index contributed by atoms with van der Waals surface area (Å²) in [4.78, 5) is 0.